The number of hydrogen-bond donors (Lipinski definition) is 0. The van der Waals surface area contributed by atoms with Gasteiger partial charge in [-0.15, -0.1) is 0 Å². The first-order valence-electron chi connectivity index (χ1n) is 5.13. The number of benzene rings is 1. The van der Waals surface area contributed by atoms with Gasteiger partial charge in [0, 0.05) is 14.1 Å². The minimum absolute atomic E-state index is 0.350. The van der Waals surface area contributed by atoms with Crippen molar-refractivity contribution in [3.8, 4) is 0 Å². The molecule has 4 nitrogen and oxygen atoms in total. The predicted octanol–water partition coefficient (Wildman–Crippen LogP) is 2.31. The second-order valence-corrected chi connectivity index (χ2v) is 3.49. The third-order valence-electron chi connectivity index (χ3n) is 2.06. The van der Waals surface area contributed by atoms with E-state index in [-0.39, 0.29) is 0 Å². The molecule has 0 saturated carbocycles. The summed E-state index contributed by atoms with van der Waals surface area (Å²) in [6, 6.07) is 7.43. The lowest BCUT2D eigenvalue weighted by Gasteiger charge is -2.28. The van der Waals surface area contributed by atoms with Crippen LogP contribution >= 0.6 is 0 Å². The van der Waals surface area contributed by atoms with Crippen molar-refractivity contribution < 1.29 is 9.53 Å². The van der Waals surface area contributed by atoms with Crippen LogP contribution in [-0.2, 0) is 4.74 Å². The molecule has 1 rings (SSSR count). The maximum Gasteiger partial charge on any atom is 0.429 e. The molecule has 1 amide bonds. The smallest absolute Gasteiger partial charge is 0.429 e. The molecule has 0 atom stereocenters. The van der Waals surface area contributed by atoms with Crippen molar-refractivity contribution in [2.24, 2.45) is 0 Å². The minimum atomic E-state index is -0.399. The predicted molar refractivity (Wildman–Crippen MR) is 64.1 cm³/mol. The summed E-state index contributed by atoms with van der Waals surface area (Å²) in [5.41, 5.74) is 1.51. The number of hydrazine groups is 1. The summed E-state index contributed by atoms with van der Waals surface area (Å²) in [5, 5.41) is 3.12. The molecule has 0 heterocycles. The zero-order valence-corrected chi connectivity index (χ0v) is 9.93. The SMILES string of the molecule is [CH2]c1ccccc1N(C(=O)OCC)N(C)C. The van der Waals surface area contributed by atoms with Gasteiger partial charge in [-0.25, -0.2) is 14.8 Å². The Kier molecular flexibility index (Phi) is 4.31. The molecule has 0 bridgehead atoms. The lowest BCUT2D eigenvalue weighted by atomic mass is 10.2. The molecule has 0 spiro atoms. The Morgan fingerprint density at radius 3 is 2.50 bits per heavy atom. The minimum Gasteiger partial charge on any atom is -0.448 e. The summed E-state index contributed by atoms with van der Waals surface area (Å²) in [7, 11) is 3.56. The van der Waals surface area contributed by atoms with Crippen molar-refractivity contribution in [3.63, 3.8) is 0 Å². The molecular weight excluding hydrogens is 204 g/mol. The fraction of sp³-hybridized carbons (Fsp3) is 0.333. The number of carbonyl (C=O) groups excluding carboxylic acids is 1. The van der Waals surface area contributed by atoms with Crippen molar-refractivity contribution >= 4 is 11.8 Å². The molecule has 0 unspecified atom stereocenters. The normalized spacial score (nSPS) is 10.3. The van der Waals surface area contributed by atoms with Gasteiger partial charge in [0.2, 0.25) is 0 Å². The standard InChI is InChI=1S/C12H17N2O2/c1-5-16-12(15)14(13(3)4)11-9-7-6-8-10(11)2/h6-9H,2,5H2,1,3-4H3. The van der Waals surface area contributed by atoms with E-state index in [0.717, 1.165) is 11.3 Å². The first-order chi connectivity index (χ1) is 7.57. The molecule has 87 valence electrons. The third-order valence-corrected chi connectivity index (χ3v) is 2.06. The number of nitrogens with zero attached hydrogens (tertiary/aromatic N) is 2. The van der Waals surface area contributed by atoms with Crippen molar-refractivity contribution in [1.82, 2.24) is 5.01 Å². The first-order valence-corrected chi connectivity index (χ1v) is 5.13. The number of hydrogen-bond acceptors (Lipinski definition) is 3. The van der Waals surface area contributed by atoms with Crippen LogP contribution < -0.4 is 5.01 Å². The number of ether oxygens (including phenoxy) is 1. The van der Waals surface area contributed by atoms with Gasteiger partial charge < -0.3 is 4.74 Å². The monoisotopic (exact) mass is 221 g/mol. The van der Waals surface area contributed by atoms with Crippen LogP contribution in [0, 0.1) is 6.92 Å². The number of para-hydroxylation sites is 1. The maximum atomic E-state index is 11.8. The molecule has 1 aromatic carbocycles. The Labute approximate surface area is 96.4 Å². The Bertz CT molecular complexity index is 364. The summed E-state index contributed by atoms with van der Waals surface area (Å²) in [6.45, 7) is 6.02. The summed E-state index contributed by atoms with van der Waals surface area (Å²) >= 11 is 0. The van der Waals surface area contributed by atoms with E-state index in [1.807, 2.05) is 24.3 Å². The molecule has 1 aromatic rings. The highest BCUT2D eigenvalue weighted by molar-refractivity contribution is 5.87. The third kappa shape index (κ3) is 2.73. The van der Waals surface area contributed by atoms with E-state index < -0.39 is 6.09 Å². The Balaban J connectivity index is 3.03. The van der Waals surface area contributed by atoms with E-state index in [4.69, 9.17) is 4.74 Å². The van der Waals surface area contributed by atoms with E-state index >= 15 is 0 Å². The highest BCUT2D eigenvalue weighted by Gasteiger charge is 2.20. The van der Waals surface area contributed by atoms with Gasteiger partial charge in [0.1, 0.15) is 0 Å². The highest BCUT2D eigenvalue weighted by atomic mass is 16.6. The van der Waals surface area contributed by atoms with E-state index in [1.165, 1.54) is 5.01 Å². The van der Waals surface area contributed by atoms with Gasteiger partial charge in [0.05, 0.1) is 12.3 Å². The van der Waals surface area contributed by atoms with E-state index in [0.29, 0.717) is 6.61 Å². The summed E-state index contributed by atoms with van der Waals surface area (Å²) < 4.78 is 4.99. The quantitative estimate of drug-likeness (QED) is 0.734. The molecule has 0 saturated heterocycles. The molecule has 0 aliphatic heterocycles. The van der Waals surface area contributed by atoms with E-state index in [9.17, 15) is 4.79 Å². The number of anilines is 1. The van der Waals surface area contributed by atoms with Crippen molar-refractivity contribution in [2.45, 2.75) is 6.92 Å². The molecular formula is C12H17N2O2. The topological polar surface area (TPSA) is 32.8 Å². The Morgan fingerprint density at radius 1 is 1.38 bits per heavy atom. The molecule has 4 heteroatoms. The zero-order valence-electron chi connectivity index (χ0n) is 9.93. The molecule has 0 aliphatic rings. The van der Waals surface area contributed by atoms with Gasteiger partial charge in [0.15, 0.2) is 0 Å². The Hall–Kier alpha value is -1.55. The maximum absolute atomic E-state index is 11.8. The number of amides is 1. The second kappa shape index (κ2) is 5.51. The van der Waals surface area contributed by atoms with Crippen molar-refractivity contribution in [3.05, 3.63) is 36.8 Å². The van der Waals surface area contributed by atoms with Crippen LogP contribution in [0.1, 0.15) is 12.5 Å². The van der Waals surface area contributed by atoms with Gasteiger partial charge in [-0.05, 0) is 25.5 Å². The first kappa shape index (κ1) is 12.5. The van der Waals surface area contributed by atoms with Gasteiger partial charge in [-0.1, -0.05) is 18.2 Å². The molecule has 0 aromatic heterocycles. The van der Waals surface area contributed by atoms with Crippen LogP contribution in [0.5, 0.6) is 0 Å². The Morgan fingerprint density at radius 2 is 2.00 bits per heavy atom. The van der Waals surface area contributed by atoms with Crippen LogP contribution in [0.4, 0.5) is 10.5 Å². The molecule has 0 fully saturated rings. The van der Waals surface area contributed by atoms with Crippen LogP contribution in [0.3, 0.4) is 0 Å². The van der Waals surface area contributed by atoms with Crippen LogP contribution in [0.15, 0.2) is 24.3 Å². The number of rotatable bonds is 3. The molecule has 16 heavy (non-hydrogen) atoms. The zero-order chi connectivity index (χ0) is 12.1. The molecule has 1 radical (unpaired) electrons. The van der Waals surface area contributed by atoms with E-state index in [2.05, 4.69) is 6.92 Å². The van der Waals surface area contributed by atoms with Crippen molar-refractivity contribution in [1.29, 1.82) is 0 Å². The second-order valence-electron chi connectivity index (χ2n) is 3.49. The largest absolute Gasteiger partial charge is 0.448 e. The lowest BCUT2D eigenvalue weighted by Crippen LogP contribution is -2.42. The van der Waals surface area contributed by atoms with E-state index in [1.54, 1.807) is 26.0 Å². The van der Waals surface area contributed by atoms with Crippen LogP contribution in [-0.4, -0.2) is 31.8 Å². The molecule has 0 aliphatic carbocycles. The average Bonchev–Trinajstić information content (AvgIpc) is 2.21. The fourth-order valence-electron chi connectivity index (χ4n) is 1.38. The summed E-state index contributed by atoms with van der Waals surface area (Å²) in [6.07, 6.45) is -0.399. The average molecular weight is 221 g/mol. The fourth-order valence-corrected chi connectivity index (χ4v) is 1.38. The van der Waals surface area contributed by atoms with Gasteiger partial charge in [-0.2, -0.15) is 0 Å². The van der Waals surface area contributed by atoms with Crippen LogP contribution in [0.25, 0.3) is 0 Å². The van der Waals surface area contributed by atoms with Gasteiger partial charge >= 0.3 is 6.09 Å². The molecule has 0 N–H and O–H groups in total. The lowest BCUT2D eigenvalue weighted by molar-refractivity contribution is 0.144. The summed E-state index contributed by atoms with van der Waals surface area (Å²) in [5.74, 6) is 0. The van der Waals surface area contributed by atoms with Crippen LogP contribution in [0.2, 0.25) is 0 Å². The highest BCUT2D eigenvalue weighted by Crippen LogP contribution is 2.20. The summed E-state index contributed by atoms with van der Waals surface area (Å²) in [4.78, 5) is 11.8. The van der Waals surface area contributed by atoms with Gasteiger partial charge in [-0.3, -0.25) is 0 Å². The van der Waals surface area contributed by atoms with Crippen molar-refractivity contribution in [2.75, 3.05) is 25.7 Å². The number of carbonyl (C=O) groups is 1. The van der Waals surface area contributed by atoms with Gasteiger partial charge in [0.25, 0.3) is 0 Å².